The van der Waals surface area contributed by atoms with Gasteiger partial charge in [0.15, 0.2) is 6.61 Å². The standard InChI is InChI=1S/C23H23NO5/c1-11-3-4-12(2)15(7-11)18(25)10-29-19(26)9-24-22(27)20-13-5-6-14(17-8-16(13)17)21(20)23(24)28/h3-7,13-14,16-17,20-21H,8-10H2,1-2H3/t13-,14-,16-,17-,20-,21+/m0/s1. The number of allylic oxidation sites excluding steroid dienone is 2. The van der Waals surface area contributed by atoms with Crippen molar-refractivity contribution in [2.75, 3.05) is 13.2 Å². The van der Waals surface area contributed by atoms with Crippen LogP contribution in [0.25, 0.3) is 0 Å². The van der Waals surface area contributed by atoms with Gasteiger partial charge in [-0.15, -0.1) is 0 Å². The van der Waals surface area contributed by atoms with Crippen LogP contribution in [-0.2, 0) is 19.1 Å². The van der Waals surface area contributed by atoms with E-state index in [0.29, 0.717) is 17.4 Å². The van der Waals surface area contributed by atoms with Crippen LogP contribution in [0.5, 0.6) is 0 Å². The number of hydrogen-bond acceptors (Lipinski definition) is 5. The largest absolute Gasteiger partial charge is 0.456 e. The smallest absolute Gasteiger partial charge is 0.326 e. The van der Waals surface area contributed by atoms with Crippen molar-refractivity contribution in [2.24, 2.45) is 35.5 Å². The number of hydrogen-bond donors (Lipinski definition) is 0. The molecular weight excluding hydrogens is 370 g/mol. The zero-order valence-corrected chi connectivity index (χ0v) is 16.5. The number of carbonyl (C=O) groups excluding carboxylic acids is 4. The van der Waals surface area contributed by atoms with Crippen LogP contribution in [0, 0.1) is 49.4 Å². The Bertz CT molecular complexity index is 943. The minimum atomic E-state index is -0.727. The maximum atomic E-state index is 12.9. The predicted octanol–water partition coefficient (Wildman–Crippen LogP) is 2.08. The maximum Gasteiger partial charge on any atom is 0.326 e. The number of aryl methyl sites for hydroxylation is 2. The first kappa shape index (κ1) is 18.3. The summed E-state index contributed by atoms with van der Waals surface area (Å²) >= 11 is 0. The molecular formula is C23H23NO5. The number of likely N-dealkylation sites (tertiary alicyclic amines) is 1. The predicted molar refractivity (Wildman–Crippen MR) is 103 cm³/mol. The summed E-state index contributed by atoms with van der Waals surface area (Å²) in [5, 5.41) is 0. The lowest BCUT2D eigenvalue weighted by atomic mass is 9.63. The van der Waals surface area contributed by atoms with Crippen molar-refractivity contribution in [3.63, 3.8) is 0 Å². The quantitative estimate of drug-likeness (QED) is 0.331. The topological polar surface area (TPSA) is 80.8 Å². The normalized spacial score (nSPS) is 33.5. The van der Waals surface area contributed by atoms with Crippen molar-refractivity contribution in [3.05, 3.63) is 47.0 Å². The number of benzene rings is 1. The minimum Gasteiger partial charge on any atom is -0.456 e. The fraction of sp³-hybridized carbons (Fsp3) is 0.478. The van der Waals surface area contributed by atoms with Gasteiger partial charge in [0.1, 0.15) is 6.54 Å². The highest BCUT2D eigenvalue weighted by Crippen LogP contribution is 2.65. The van der Waals surface area contributed by atoms with Crippen LogP contribution in [-0.4, -0.2) is 41.6 Å². The van der Waals surface area contributed by atoms with Crippen LogP contribution < -0.4 is 0 Å². The fourth-order valence-electron chi connectivity index (χ4n) is 5.61. The van der Waals surface area contributed by atoms with E-state index in [4.69, 9.17) is 4.74 Å². The molecule has 1 aromatic carbocycles. The molecule has 1 saturated heterocycles. The van der Waals surface area contributed by atoms with E-state index in [2.05, 4.69) is 12.2 Å². The van der Waals surface area contributed by atoms with Gasteiger partial charge >= 0.3 is 5.97 Å². The highest BCUT2D eigenvalue weighted by Gasteiger charge is 2.67. The van der Waals surface area contributed by atoms with Gasteiger partial charge in [-0.05, 0) is 55.6 Å². The van der Waals surface area contributed by atoms with E-state index < -0.39 is 19.1 Å². The molecule has 1 aromatic rings. The molecule has 150 valence electrons. The van der Waals surface area contributed by atoms with Crippen LogP contribution in [0.3, 0.4) is 0 Å². The van der Waals surface area contributed by atoms with Gasteiger partial charge in [0.2, 0.25) is 17.6 Å². The van der Waals surface area contributed by atoms with Crippen molar-refractivity contribution in [1.29, 1.82) is 0 Å². The van der Waals surface area contributed by atoms with E-state index >= 15 is 0 Å². The maximum absolute atomic E-state index is 12.9. The number of nitrogens with zero attached hydrogens (tertiary/aromatic N) is 1. The van der Waals surface area contributed by atoms with Crippen molar-refractivity contribution in [3.8, 4) is 0 Å². The van der Waals surface area contributed by atoms with E-state index in [0.717, 1.165) is 22.4 Å². The van der Waals surface area contributed by atoms with Gasteiger partial charge in [0.25, 0.3) is 0 Å². The summed E-state index contributed by atoms with van der Waals surface area (Å²) in [6, 6.07) is 5.52. The minimum absolute atomic E-state index is 0.123. The number of esters is 1. The average Bonchev–Trinajstić information content (AvgIpc) is 3.49. The number of Topliss-reactive ketones (excluding diaryl/α,β-unsaturated/α-hetero) is 1. The molecule has 0 aromatic heterocycles. The highest BCUT2D eigenvalue weighted by molar-refractivity contribution is 6.08. The van der Waals surface area contributed by atoms with Gasteiger partial charge in [-0.2, -0.15) is 0 Å². The van der Waals surface area contributed by atoms with Gasteiger partial charge in [-0.3, -0.25) is 24.1 Å². The molecule has 4 aliphatic carbocycles. The highest BCUT2D eigenvalue weighted by atomic mass is 16.5. The lowest BCUT2D eigenvalue weighted by Crippen LogP contribution is -2.40. The molecule has 0 N–H and O–H groups in total. The van der Waals surface area contributed by atoms with Gasteiger partial charge in [-0.1, -0.05) is 29.8 Å². The number of ketones is 1. The van der Waals surface area contributed by atoms with Crippen LogP contribution in [0.4, 0.5) is 0 Å². The van der Waals surface area contributed by atoms with Crippen molar-refractivity contribution in [1.82, 2.24) is 4.90 Å². The van der Waals surface area contributed by atoms with E-state index in [1.807, 2.05) is 26.0 Å². The Kier molecular flexibility index (Phi) is 4.02. The van der Waals surface area contributed by atoms with Crippen LogP contribution in [0.15, 0.2) is 30.4 Å². The first-order valence-electron chi connectivity index (χ1n) is 10.2. The summed E-state index contributed by atoms with van der Waals surface area (Å²) in [6.45, 7) is 2.89. The second-order valence-electron chi connectivity index (χ2n) is 8.82. The lowest BCUT2D eigenvalue weighted by Gasteiger charge is -2.37. The zero-order chi connectivity index (χ0) is 20.4. The van der Waals surface area contributed by atoms with E-state index in [-0.39, 0.29) is 41.3 Å². The van der Waals surface area contributed by atoms with E-state index in [1.54, 1.807) is 6.07 Å². The average molecular weight is 393 g/mol. The first-order valence-corrected chi connectivity index (χ1v) is 10.2. The van der Waals surface area contributed by atoms with Crippen LogP contribution >= 0.6 is 0 Å². The summed E-state index contributed by atoms with van der Waals surface area (Å²) in [5.41, 5.74) is 2.27. The molecule has 6 nitrogen and oxygen atoms in total. The second kappa shape index (κ2) is 6.37. The van der Waals surface area contributed by atoms with Crippen LogP contribution in [0.2, 0.25) is 0 Å². The molecule has 0 unspecified atom stereocenters. The summed E-state index contributed by atoms with van der Waals surface area (Å²) in [5.74, 6) is -0.919. The third kappa shape index (κ3) is 2.76. The fourth-order valence-corrected chi connectivity index (χ4v) is 5.61. The Hall–Kier alpha value is -2.76. The number of rotatable bonds is 5. The molecule has 6 heteroatoms. The molecule has 2 saturated carbocycles. The molecule has 5 aliphatic rings. The van der Waals surface area contributed by atoms with Gasteiger partial charge in [0.05, 0.1) is 11.8 Å². The summed E-state index contributed by atoms with van der Waals surface area (Å²) in [6.07, 6.45) is 5.28. The SMILES string of the molecule is Cc1ccc(C)c(C(=O)COC(=O)CN2C(=O)[C@@H]3[C@H]4C=C[C@@H]([C@@H]5C[C@@H]45)[C@@H]3C2=O)c1. The van der Waals surface area contributed by atoms with Crippen molar-refractivity contribution >= 4 is 23.6 Å². The van der Waals surface area contributed by atoms with Crippen molar-refractivity contribution in [2.45, 2.75) is 20.3 Å². The van der Waals surface area contributed by atoms with E-state index in [9.17, 15) is 19.2 Å². The third-order valence-electron chi connectivity index (χ3n) is 7.10. The van der Waals surface area contributed by atoms with Crippen LogP contribution in [0.1, 0.15) is 27.9 Å². The Balaban J connectivity index is 1.23. The Labute approximate surface area is 168 Å². The number of ether oxygens (including phenoxy) is 1. The molecule has 29 heavy (non-hydrogen) atoms. The molecule has 1 aliphatic heterocycles. The molecule has 3 fully saturated rings. The molecule has 2 amide bonds. The molecule has 1 heterocycles. The molecule has 2 bridgehead atoms. The van der Waals surface area contributed by atoms with Gasteiger partial charge in [-0.25, -0.2) is 0 Å². The van der Waals surface area contributed by atoms with Gasteiger partial charge in [0, 0.05) is 5.56 Å². The van der Waals surface area contributed by atoms with Gasteiger partial charge < -0.3 is 4.74 Å². The molecule has 0 spiro atoms. The lowest BCUT2D eigenvalue weighted by molar-refractivity contribution is -0.152. The number of amides is 2. The molecule has 6 rings (SSSR count). The zero-order valence-electron chi connectivity index (χ0n) is 16.5. The monoisotopic (exact) mass is 393 g/mol. The molecule has 6 atom stereocenters. The number of carbonyl (C=O) groups is 4. The summed E-state index contributed by atoms with van der Waals surface area (Å²) in [4.78, 5) is 51.5. The number of imide groups is 1. The summed E-state index contributed by atoms with van der Waals surface area (Å²) in [7, 11) is 0. The first-order chi connectivity index (χ1) is 13.9. The summed E-state index contributed by atoms with van der Waals surface area (Å²) < 4.78 is 5.11. The van der Waals surface area contributed by atoms with Crippen molar-refractivity contribution < 1.29 is 23.9 Å². The molecule has 0 radical (unpaired) electrons. The second-order valence-corrected chi connectivity index (χ2v) is 8.82. The Morgan fingerprint density at radius 1 is 1.03 bits per heavy atom. The Morgan fingerprint density at radius 3 is 2.28 bits per heavy atom. The van der Waals surface area contributed by atoms with E-state index in [1.165, 1.54) is 0 Å². The third-order valence-corrected chi connectivity index (χ3v) is 7.10. The Morgan fingerprint density at radius 2 is 1.66 bits per heavy atom.